The van der Waals surface area contributed by atoms with Crippen LogP contribution in [0.2, 0.25) is 5.02 Å². The molecule has 84 valence electrons. The molecule has 2 nitrogen and oxygen atoms in total. The van der Waals surface area contributed by atoms with Crippen molar-refractivity contribution in [2.24, 2.45) is 0 Å². The largest absolute Gasteiger partial charge is 0.266 e. The predicted molar refractivity (Wildman–Crippen MR) is 73.2 cm³/mol. The van der Waals surface area contributed by atoms with Gasteiger partial charge in [-0.25, -0.2) is 4.39 Å². The smallest absolute Gasteiger partial charge is 0.137 e. The van der Waals surface area contributed by atoms with Crippen molar-refractivity contribution in [3.05, 3.63) is 49.0 Å². The maximum atomic E-state index is 12.8. The van der Waals surface area contributed by atoms with Gasteiger partial charge in [-0.05, 0) is 56.2 Å². The minimum atomic E-state index is -0.329. The maximum absolute atomic E-state index is 12.8. The first-order chi connectivity index (χ1) is 7.56. The van der Waals surface area contributed by atoms with Crippen LogP contribution in [-0.4, -0.2) is 9.78 Å². The number of aromatic nitrogens is 2. The van der Waals surface area contributed by atoms with E-state index in [1.165, 1.54) is 12.1 Å². The zero-order chi connectivity index (χ0) is 11.7. The van der Waals surface area contributed by atoms with Gasteiger partial charge >= 0.3 is 0 Å². The van der Waals surface area contributed by atoms with Gasteiger partial charge in [0.1, 0.15) is 9.52 Å². The molecule has 0 unspecified atom stereocenters. The SMILES string of the molecule is Fc1ccc(Cn2cc(Br)c(I)n2)c(Cl)c1. The molecule has 16 heavy (non-hydrogen) atoms. The van der Waals surface area contributed by atoms with Crippen molar-refractivity contribution in [1.82, 2.24) is 9.78 Å². The summed E-state index contributed by atoms with van der Waals surface area (Å²) < 4.78 is 16.4. The molecule has 1 aromatic heterocycles. The Morgan fingerprint density at radius 1 is 1.50 bits per heavy atom. The molecule has 2 rings (SSSR count). The monoisotopic (exact) mass is 414 g/mol. The van der Waals surface area contributed by atoms with E-state index in [-0.39, 0.29) is 5.82 Å². The van der Waals surface area contributed by atoms with Gasteiger partial charge in [0.15, 0.2) is 0 Å². The molecule has 0 radical (unpaired) electrons. The molecule has 0 aliphatic carbocycles. The van der Waals surface area contributed by atoms with Crippen LogP contribution in [0.15, 0.2) is 28.9 Å². The molecule has 0 aliphatic heterocycles. The van der Waals surface area contributed by atoms with E-state index in [4.69, 9.17) is 11.6 Å². The Balaban J connectivity index is 2.27. The number of halogens is 4. The van der Waals surface area contributed by atoms with E-state index in [1.807, 2.05) is 6.20 Å². The highest BCUT2D eigenvalue weighted by molar-refractivity contribution is 14.1. The van der Waals surface area contributed by atoms with Gasteiger partial charge in [0.25, 0.3) is 0 Å². The summed E-state index contributed by atoms with van der Waals surface area (Å²) in [6, 6.07) is 4.37. The number of nitrogens with zero attached hydrogens (tertiary/aromatic N) is 2. The molecule has 6 heteroatoms. The summed E-state index contributed by atoms with van der Waals surface area (Å²) in [6.45, 7) is 0.528. The van der Waals surface area contributed by atoms with Crippen LogP contribution in [0.4, 0.5) is 4.39 Å². The Morgan fingerprint density at radius 2 is 2.25 bits per heavy atom. The van der Waals surface area contributed by atoms with E-state index < -0.39 is 0 Å². The third-order valence-electron chi connectivity index (χ3n) is 2.02. The first-order valence-electron chi connectivity index (χ1n) is 4.38. The molecular weight excluding hydrogens is 409 g/mol. The first-order valence-corrected chi connectivity index (χ1v) is 6.63. The summed E-state index contributed by atoms with van der Waals surface area (Å²) in [5.41, 5.74) is 0.842. The number of hydrogen-bond donors (Lipinski definition) is 0. The molecule has 0 N–H and O–H groups in total. The fourth-order valence-corrected chi connectivity index (χ4v) is 2.24. The van der Waals surface area contributed by atoms with Gasteiger partial charge in [-0.1, -0.05) is 17.7 Å². The zero-order valence-electron chi connectivity index (χ0n) is 7.92. The molecule has 0 atom stereocenters. The minimum Gasteiger partial charge on any atom is -0.266 e. The van der Waals surface area contributed by atoms with Crippen LogP contribution in [0.5, 0.6) is 0 Å². The average molecular weight is 415 g/mol. The Kier molecular flexibility index (Phi) is 3.86. The first kappa shape index (κ1) is 12.3. The molecular formula is C10H6BrClFIN2. The lowest BCUT2D eigenvalue weighted by molar-refractivity contribution is 0.624. The lowest BCUT2D eigenvalue weighted by atomic mass is 10.2. The van der Waals surface area contributed by atoms with E-state index in [2.05, 4.69) is 43.6 Å². The van der Waals surface area contributed by atoms with Crippen molar-refractivity contribution in [3.63, 3.8) is 0 Å². The van der Waals surface area contributed by atoms with Gasteiger partial charge in [-0.15, -0.1) is 0 Å². The van der Waals surface area contributed by atoms with Gasteiger partial charge in [0, 0.05) is 11.2 Å². The lowest BCUT2D eigenvalue weighted by Crippen LogP contribution is -2.01. The Bertz CT molecular complexity index is 510. The topological polar surface area (TPSA) is 17.8 Å². The molecule has 2 aromatic rings. The van der Waals surface area contributed by atoms with Crippen molar-refractivity contribution in [2.45, 2.75) is 6.54 Å². The van der Waals surface area contributed by atoms with Crippen molar-refractivity contribution < 1.29 is 4.39 Å². The maximum Gasteiger partial charge on any atom is 0.137 e. The third-order valence-corrected chi connectivity index (χ3v) is 4.49. The lowest BCUT2D eigenvalue weighted by Gasteiger charge is -2.04. The van der Waals surface area contributed by atoms with Gasteiger partial charge in [0.2, 0.25) is 0 Å². The summed E-state index contributed by atoms with van der Waals surface area (Å²) in [6.07, 6.45) is 1.86. The number of rotatable bonds is 2. The molecule has 1 heterocycles. The van der Waals surface area contributed by atoms with Gasteiger partial charge in [-0.2, -0.15) is 5.10 Å². The summed E-state index contributed by atoms with van der Waals surface area (Å²) in [7, 11) is 0. The van der Waals surface area contributed by atoms with Crippen LogP contribution in [0.3, 0.4) is 0 Å². The quantitative estimate of drug-likeness (QED) is 0.676. The Morgan fingerprint density at radius 3 is 2.81 bits per heavy atom. The summed E-state index contributed by atoms with van der Waals surface area (Å²) in [4.78, 5) is 0. The van der Waals surface area contributed by atoms with E-state index >= 15 is 0 Å². The van der Waals surface area contributed by atoms with Crippen LogP contribution in [0, 0.1) is 9.52 Å². The molecule has 0 amide bonds. The van der Waals surface area contributed by atoms with Crippen LogP contribution in [0.25, 0.3) is 0 Å². The second-order valence-electron chi connectivity index (χ2n) is 3.20. The molecule has 0 spiro atoms. The highest BCUT2D eigenvalue weighted by Crippen LogP contribution is 2.21. The Labute approximate surface area is 119 Å². The van der Waals surface area contributed by atoms with Gasteiger partial charge < -0.3 is 0 Å². The molecule has 0 saturated heterocycles. The highest BCUT2D eigenvalue weighted by atomic mass is 127. The second-order valence-corrected chi connectivity index (χ2v) is 5.48. The summed E-state index contributed by atoms with van der Waals surface area (Å²) >= 11 is 11.4. The predicted octanol–water partition coefficient (Wildman–Crippen LogP) is 4.09. The fraction of sp³-hybridized carbons (Fsp3) is 0.100. The molecule has 1 aromatic carbocycles. The zero-order valence-corrected chi connectivity index (χ0v) is 12.4. The summed E-state index contributed by atoms with van der Waals surface area (Å²) in [5.74, 6) is -0.329. The van der Waals surface area contributed by atoms with Crippen molar-refractivity contribution in [1.29, 1.82) is 0 Å². The molecule has 0 fully saturated rings. The summed E-state index contributed by atoms with van der Waals surface area (Å²) in [5, 5.41) is 4.69. The molecule has 0 saturated carbocycles. The van der Waals surface area contributed by atoms with Crippen LogP contribution >= 0.6 is 50.1 Å². The van der Waals surface area contributed by atoms with Crippen molar-refractivity contribution >= 4 is 50.1 Å². The normalized spacial score (nSPS) is 10.8. The van der Waals surface area contributed by atoms with E-state index in [0.717, 1.165) is 13.7 Å². The Hall–Kier alpha value is -0.140. The van der Waals surface area contributed by atoms with E-state index in [1.54, 1.807) is 10.7 Å². The van der Waals surface area contributed by atoms with Crippen LogP contribution in [0.1, 0.15) is 5.56 Å². The van der Waals surface area contributed by atoms with E-state index in [9.17, 15) is 4.39 Å². The fourth-order valence-electron chi connectivity index (χ4n) is 1.28. The van der Waals surface area contributed by atoms with Crippen LogP contribution in [-0.2, 0) is 6.54 Å². The standard InChI is InChI=1S/C10H6BrClFIN2/c11-8-5-16(15-10(8)14)4-6-1-2-7(13)3-9(6)12/h1-3,5H,4H2. The second kappa shape index (κ2) is 5.01. The highest BCUT2D eigenvalue weighted by Gasteiger charge is 2.06. The molecule has 0 bridgehead atoms. The third kappa shape index (κ3) is 2.75. The number of hydrogen-bond acceptors (Lipinski definition) is 1. The van der Waals surface area contributed by atoms with Crippen molar-refractivity contribution in [3.8, 4) is 0 Å². The van der Waals surface area contributed by atoms with Crippen molar-refractivity contribution in [2.75, 3.05) is 0 Å². The molecule has 0 aliphatic rings. The minimum absolute atomic E-state index is 0.329. The number of benzene rings is 1. The van der Waals surface area contributed by atoms with Gasteiger partial charge in [0.05, 0.1) is 11.0 Å². The van der Waals surface area contributed by atoms with Crippen LogP contribution < -0.4 is 0 Å². The average Bonchev–Trinajstić information content (AvgIpc) is 2.51. The van der Waals surface area contributed by atoms with E-state index in [0.29, 0.717) is 11.6 Å². The van der Waals surface area contributed by atoms with Gasteiger partial charge in [-0.3, -0.25) is 4.68 Å².